The number of aromatic nitrogens is 4. The maximum Gasteiger partial charge on any atom is 0.232 e. The summed E-state index contributed by atoms with van der Waals surface area (Å²) in [5, 5.41) is 9.41. The van der Waals surface area contributed by atoms with Crippen molar-refractivity contribution >= 4 is 17.7 Å². The number of amides is 1. The van der Waals surface area contributed by atoms with E-state index < -0.39 is 0 Å². The lowest BCUT2D eigenvalue weighted by Gasteiger charge is -2.29. The molecule has 1 unspecified atom stereocenters. The number of carbonyl (C=O) groups is 1. The van der Waals surface area contributed by atoms with Crippen LogP contribution in [0.3, 0.4) is 0 Å². The average Bonchev–Trinajstić information content (AvgIpc) is 3.20. The zero-order valence-corrected chi connectivity index (χ0v) is 18.4. The highest BCUT2D eigenvalue weighted by Crippen LogP contribution is 2.31. The molecule has 31 heavy (non-hydrogen) atoms. The van der Waals surface area contributed by atoms with Crippen molar-refractivity contribution in [2.45, 2.75) is 31.1 Å². The summed E-state index contributed by atoms with van der Waals surface area (Å²) in [6, 6.07) is 11.4. The number of fused-ring (bicyclic) bond motifs is 1. The van der Waals surface area contributed by atoms with E-state index in [1.165, 1.54) is 11.8 Å². The van der Waals surface area contributed by atoms with E-state index in [1.54, 1.807) is 24.3 Å². The SMILES string of the molecule is CCCn1c(SCC(=O)N(C)CC2COc3ccccc3O2)nnc1-c1ccncc1. The molecule has 1 amide bonds. The summed E-state index contributed by atoms with van der Waals surface area (Å²) in [6.07, 6.45) is 4.22. The van der Waals surface area contributed by atoms with Crippen molar-refractivity contribution in [1.82, 2.24) is 24.6 Å². The second-order valence-corrected chi connectivity index (χ2v) is 8.20. The molecule has 3 aromatic rings. The number of thioether (sulfide) groups is 1. The van der Waals surface area contributed by atoms with Crippen LogP contribution in [0.2, 0.25) is 0 Å². The van der Waals surface area contributed by atoms with Gasteiger partial charge < -0.3 is 18.9 Å². The smallest absolute Gasteiger partial charge is 0.232 e. The molecule has 0 saturated carbocycles. The summed E-state index contributed by atoms with van der Waals surface area (Å²) in [7, 11) is 1.78. The lowest BCUT2D eigenvalue weighted by atomic mass is 10.2. The second kappa shape index (κ2) is 9.82. The van der Waals surface area contributed by atoms with Gasteiger partial charge in [0.2, 0.25) is 5.91 Å². The van der Waals surface area contributed by atoms with Crippen LogP contribution in [-0.2, 0) is 11.3 Å². The van der Waals surface area contributed by atoms with Gasteiger partial charge >= 0.3 is 0 Å². The van der Waals surface area contributed by atoms with E-state index in [1.807, 2.05) is 36.4 Å². The van der Waals surface area contributed by atoms with Crippen molar-refractivity contribution in [3.8, 4) is 22.9 Å². The number of rotatable bonds is 8. The van der Waals surface area contributed by atoms with Gasteiger partial charge in [-0.1, -0.05) is 30.8 Å². The molecule has 1 atom stereocenters. The number of nitrogens with zero attached hydrogens (tertiary/aromatic N) is 5. The maximum atomic E-state index is 12.7. The van der Waals surface area contributed by atoms with Gasteiger partial charge in [0.15, 0.2) is 28.6 Å². The Hall–Kier alpha value is -3.07. The Balaban J connectivity index is 1.36. The molecule has 4 rings (SSSR count). The fourth-order valence-electron chi connectivity index (χ4n) is 3.33. The number of likely N-dealkylation sites (N-methyl/N-ethyl adjacent to an activating group) is 1. The number of pyridine rings is 1. The summed E-state index contributed by atoms with van der Waals surface area (Å²) in [4.78, 5) is 18.5. The van der Waals surface area contributed by atoms with E-state index >= 15 is 0 Å². The van der Waals surface area contributed by atoms with Crippen molar-refractivity contribution in [2.75, 3.05) is 26.0 Å². The third-order valence-corrected chi connectivity index (χ3v) is 5.85. The van der Waals surface area contributed by atoms with Crippen LogP contribution in [0.4, 0.5) is 0 Å². The number of hydrogen-bond acceptors (Lipinski definition) is 7. The standard InChI is InChI=1S/C22H25N5O3S/c1-3-12-27-21(16-8-10-23-11-9-16)24-25-22(27)31-15-20(28)26(2)13-17-14-29-18-6-4-5-7-19(18)30-17/h4-11,17H,3,12-15H2,1-2H3. The predicted octanol–water partition coefficient (Wildman–Crippen LogP) is 3.14. The van der Waals surface area contributed by atoms with Gasteiger partial charge in [-0.05, 0) is 30.7 Å². The highest BCUT2D eigenvalue weighted by Gasteiger charge is 2.24. The van der Waals surface area contributed by atoms with Crippen molar-refractivity contribution in [3.63, 3.8) is 0 Å². The van der Waals surface area contributed by atoms with Crippen LogP contribution in [0.15, 0.2) is 53.9 Å². The Morgan fingerprint density at radius 3 is 2.74 bits per heavy atom. The molecule has 0 aliphatic carbocycles. The second-order valence-electron chi connectivity index (χ2n) is 7.25. The molecule has 9 heteroatoms. The van der Waals surface area contributed by atoms with Gasteiger partial charge in [0.1, 0.15) is 6.61 Å². The normalized spacial score (nSPS) is 15.0. The Labute approximate surface area is 185 Å². The number of benzene rings is 1. The van der Waals surface area contributed by atoms with E-state index in [-0.39, 0.29) is 17.8 Å². The topological polar surface area (TPSA) is 82.4 Å². The van der Waals surface area contributed by atoms with E-state index in [2.05, 4.69) is 26.7 Å². The first kappa shape index (κ1) is 21.2. The lowest BCUT2D eigenvalue weighted by Crippen LogP contribution is -2.42. The molecule has 1 aliphatic rings. The molecule has 0 fully saturated rings. The molecular formula is C22H25N5O3S. The minimum atomic E-state index is -0.198. The van der Waals surface area contributed by atoms with Gasteiger partial charge in [-0.25, -0.2) is 0 Å². The molecule has 0 radical (unpaired) electrons. The van der Waals surface area contributed by atoms with Gasteiger partial charge in [0.25, 0.3) is 0 Å². The van der Waals surface area contributed by atoms with Gasteiger partial charge in [-0.2, -0.15) is 0 Å². The van der Waals surface area contributed by atoms with E-state index in [9.17, 15) is 4.79 Å². The average molecular weight is 440 g/mol. The van der Waals surface area contributed by atoms with Gasteiger partial charge in [0.05, 0.1) is 12.3 Å². The van der Waals surface area contributed by atoms with Crippen molar-refractivity contribution < 1.29 is 14.3 Å². The molecule has 0 N–H and O–H groups in total. The molecule has 1 aromatic carbocycles. The zero-order valence-electron chi connectivity index (χ0n) is 17.6. The molecule has 162 valence electrons. The quantitative estimate of drug-likeness (QED) is 0.499. The molecule has 2 aromatic heterocycles. The number of carbonyl (C=O) groups excluding carboxylic acids is 1. The third kappa shape index (κ3) is 4.99. The molecule has 0 spiro atoms. The fraction of sp³-hybridized carbons (Fsp3) is 0.364. The largest absolute Gasteiger partial charge is 0.486 e. The molecule has 3 heterocycles. The molecule has 1 aliphatic heterocycles. The first-order valence-corrected chi connectivity index (χ1v) is 11.2. The van der Waals surface area contributed by atoms with Crippen LogP contribution in [0, 0.1) is 0 Å². The highest BCUT2D eigenvalue weighted by atomic mass is 32.2. The van der Waals surface area contributed by atoms with E-state index in [0.717, 1.165) is 35.3 Å². The van der Waals surface area contributed by atoms with Gasteiger partial charge in [-0.15, -0.1) is 10.2 Å². The first-order valence-electron chi connectivity index (χ1n) is 10.2. The Bertz CT molecular complexity index is 1030. The van der Waals surface area contributed by atoms with E-state index in [0.29, 0.717) is 18.9 Å². The van der Waals surface area contributed by atoms with Crippen molar-refractivity contribution in [1.29, 1.82) is 0 Å². The number of hydrogen-bond donors (Lipinski definition) is 0. The minimum Gasteiger partial charge on any atom is -0.486 e. The lowest BCUT2D eigenvalue weighted by molar-refractivity contribution is -0.128. The first-order chi connectivity index (χ1) is 15.2. The van der Waals surface area contributed by atoms with E-state index in [4.69, 9.17) is 9.47 Å². The molecule has 0 saturated heterocycles. The van der Waals surface area contributed by atoms with Crippen LogP contribution in [0.5, 0.6) is 11.5 Å². The Morgan fingerprint density at radius 2 is 1.97 bits per heavy atom. The molecule has 8 nitrogen and oxygen atoms in total. The summed E-state index contributed by atoms with van der Waals surface area (Å²) >= 11 is 1.40. The van der Waals surface area contributed by atoms with Gasteiger partial charge in [-0.3, -0.25) is 9.78 Å². The molecular weight excluding hydrogens is 414 g/mol. The third-order valence-electron chi connectivity index (χ3n) is 4.90. The monoisotopic (exact) mass is 439 g/mol. The van der Waals surface area contributed by atoms with Crippen LogP contribution >= 0.6 is 11.8 Å². The Kier molecular flexibility index (Phi) is 6.71. The summed E-state index contributed by atoms with van der Waals surface area (Å²) in [6.45, 7) is 3.76. The summed E-state index contributed by atoms with van der Waals surface area (Å²) in [5.41, 5.74) is 0.959. The number of para-hydroxylation sites is 2. The predicted molar refractivity (Wildman–Crippen MR) is 118 cm³/mol. The fourth-order valence-corrected chi connectivity index (χ4v) is 4.24. The number of ether oxygens (including phenoxy) is 2. The molecule has 0 bridgehead atoms. The maximum absolute atomic E-state index is 12.7. The van der Waals surface area contributed by atoms with Crippen LogP contribution in [-0.4, -0.2) is 62.6 Å². The highest BCUT2D eigenvalue weighted by molar-refractivity contribution is 7.99. The Morgan fingerprint density at radius 1 is 1.19 bits per heavy atom. The van der Waals surface area contributed by atoms with Crippen LogP contribution < -0.4 is 9.47 Å². The minimum absolute atomic E-state index is 0.00367. The summed E-state index contributed by atoms with van der Waals surface area (Å²) < 4.78 is 13.8. The van der Waals surface area contributed by atoms with Crippen LogP contribution in [0.25, 0.3) is 11.4 Å². The van der Waals surface area contributed by atoms with Crippen LogP contribution in [0.1, 0.15) is 13.3 Å². The zero-order chi connectivity index (χ0) is 21.6. The van der Waals surface area contributed by atoms with Gasteiger partial charge in [0, 0.05) is 31.5 Å². The van der Waals surface area contributed by atoms with Crippen molar-refractivity contribution in [3.05, 3.63) is 48.8 Å². The summed E-state index contributed by atoms with van der Waals surface area (Å²) in [5.74, 6) is 2.52. The van der Waals surface area contributed by atoms with Crippen molar-refractivity contribution in [2.24, 2.45) is 0 Å².